The van der Waals surface area contributed by atoms with Gasteiger partial charge in [-0.1, -0.05) is 0 Å². The number of ether oxygens (including phenoxy) is 2. The van der Waals surface area contributed by atoms with Gasteiger partial charge in [0.25, 0.3) is 0 Å². The number of halogens is 1. The summed E-state index contributed by atoms with van der Waals surface area (Å²) >= 11 is 0. The van der Waals surface area contributed by atoms with Crippen LogP contribution in [0.15, 0.2) is 24.5 Å². The number of aromatic nitrogens is 1. The lowest BCUT2D eigenvalue weighted by molar-refractivity contribution is 0.356. The molecule has 0 unspecified atom stereocenters. The van der Waals surface area contributed by atoms with Crippen molar-refractivity contribution in [3.63, 3.8) is 0 Å². The number of nitrogens with zero attached hydrogens (tertiary/aromatic N) is 2. The van der Waals surface area contributed by atoms with E-state index >= 15 is 0 Å². The molecular weight excluding hydrogens is 264 g/mol. The van der Waals surface area contributed by atoms with Crippen molar-refractivity contribution in [1.82, 2.24) is 4.98 Å². The highest BCUT2D eigenvalue weighted by molar-refractivity contribution is 6.05. The Bertz CT molecular complexity index is 655. The highest BCUT2D eigenvalue weighted by Gasteiger charge is 2.21. The van der Waals surface area contributed by atoms with Crippen molar-refractivity contribution in [2.75, 3.05) is 26.2 Å². The Kier molecular flexibility index (Phi) is 3.53. The Hall–Kier alpha value is -1.94. The molecule has 2 aromatic rings. The summed E-state index contributed by atoms with van der Waals surface area (Å²) in [6, 6.07) is 3.97. The predicted octanol–water partition coefficient (Wildman–Crippen LogP) is 3.09. The number of hydrogen-bond acceptors (Lipinski definition) is 4. The van der Waals surface area contributed by atoms with E-state index in [0.717, 1.165) is 33.7 Å². The smallest absolute Gasteiger partial charge is 0.185 e. The first-order chi connectivity index (χ1) is 8.76. The van der Waals surface area contributed by atoms with Gasteiger partial charge in [0.15, 0.2) is 11.5 Å². The van der Waals surface area contributed by atoms with Crippen molar-refractivity contribution in [1.29, 1.82) is 0 Å². The summed E-state index contributed by atoms with van der Waals surface area (Å²) in [5, 5.41) is 2.20. The molecule has 19 heavy (non-hydrogen) atoms. The molecule has 5 heteroatoms. The maximum atomic E-state index is 5.50. The zero-order valence-electron chi connectivity index (χ0n) is 11.0. The summed E-state index contributed by atoms with van der Waals surface area (Å²) in [6.45, 7) is 0. The average molecular weight is 279 g/mol. The number of methoxy groups -OCH3 is 2. The zero-order chi connectivity index (χ0) is 12.7. The maximum absolute atomic E-state index is 5.50. The van der Waals surface area contributed by atoms with Gasteiger partial charge < -0.3 is 14.4 Å². The van der Waals surface area contributed by atoms with Crippen LogP contribution in [0.25, 0.3) is 16.8 Å². The van der Waals surface area contributed by atoms with E-state index in [1.165, 1.54) is 0 Å². The fourth-order valence-electron chi connectivity index (χ4n) is 2.38. The second kappa shape index (κ2) is 4.97. The number of benzene rings is 1. The van der Waals surface area contributed by atoms with Crippen LogP contribution < -0.4 is 14.4 Å². The van der Waals surface area contributed by atoms with E-state index in [0.29, 0.717) is 0 Å². The van der Waals surface area contributed by atoms with E-state index in [1.807, 2.05) is 42.6 Å². The first kappa shape index (κ1) is 13.5. The Balaban J connectivity index is 0.00000133. The molecule has 4 nitrogen and oxygen atoms in total. The third-order valence-corrected chi connectivity index (χ3v) is 3.21. The minimum Gasteiger partial charge on any atom is -0.493 e. The van der Waals surface area contributed by atoms with Gasteiger partial charge in [0.05, 0.1) is 25.6 Å². The highest BCUT2D eigenvalue weighted by Crippen LogP contribution is 2.46. The minimum absolute atomic E-state index is 0. The number of rotatable bonds is 2. The molecule has 1 aromatic carbocycles. The van der Waals surface area contributed by atoms with Gasteiger partial charge >= 0.3 is 0 Å². The Morgan fingerprint density at radius 2 is 2.00 bits per heavy atom. The summed E-state index contributed by atoms with van der Waals surface area (Å²) in [6.07, 6.45) is 5.79. The molecule has 1 aromatic heterocycles. The van der Waals surface area contributed by atoms with Crippen molar-refractivity contribution in [3.05, 3.63) is 30.2 Å². The van der Waals surface area contributed by atoms with Crippen LogP contribution in [-0.4, -0.2) is 26.3 Å². The van der Waals surface area contributed by atoms with Crippen LogP contribution >= 0.6 is 12.4 Å². The first-order valence-electron chi connectivity index (χ1n) is 5.71. The van der Waals surface area contributed by atoms with Crippen molar-refractivity contribution >= 4 is 34.9 Å². The minimum atomic E-state index is 0. The van der Waals surface area contributed by atoms with Gasteiger partial charge in [0, 0.05) is 24.8 Å². The second-order valence-corrected chi connectivity index (χ2v) is 4.18. The Morgan fingerprint density at radius 1 is 1.21 bits per heavy atom. The molecule has 0 saturated heterocycles. The van der Waals surface area contributed by atoms with Gasteiger partial charge in [0.2, 0.25) is 0 Å². The largest absolute Gasteiger partial charge is 0.493 e. The molecule has 0 amide bonds. The van der Waals surface area contributed by atoms with Crippen LogP contribution in [0.2, 0.25) is 0 Å². The van der Waals surface area contributed by atoms with E-state index < -0.39 is 0 Å². The maximum Gasteiger partial charge on any atom is 0.185 e. The molecule has 0 saturated carbocycles. The number of pyridine rings is 1. The van der Waals surface area contributed by atoms with Gasteiger partial charge in [-0.25, -0.2) is 0 Å². The van der Waals surface area contributed by atoms with Crippen LogP contribution in [0.3, 0.4) is 0 Å². The SMILES string of the molecule is COc1cc2ccnc3c2c(c1OC)N(C)C=C3.Cl. The topological polar surface area (TPSA) is 34.6 Å². The van der Waals surface area contributed by atoms with Gasteiger partial charge in [-0.3, -0.25) is 4.98 Å². The Morgan fingerprint density at radius 3 is 2.68 bits per heavy atom. The molecule has 0 aliphatic carbocycles. The molecule has 0 bridgehead atoms. The van der Waals surface area contributed by atoms with E-state index in [4.69, 9.17) is 9.47 Å². The van der Waals surface area contributed by atoms with E-state index in [-0.39, 0.29) is 12.4 Å². The van der Waals surface area contributed by atoms with E-state index in [9.17, 15) is 0 Å². The van der Waals surface area contributed by atoms with Crippen LogP contribution in [-0.2, 0) is 0 Å². The summed E-state index contributed by atoms with van der Waals surface area (Å²) in [7, 11) is 5.29. The monoisotopic (exact) mass is 278 g/mol. The summed E-state index contributed by atoms with van der Waals surface area (Å²) in [4.78, 5) is 6.42. The molecule has 0 fully saturated rings. The highest BCUT2D eigenvalue weighted by atomic mass is 35.5. The first-order valence-corrected chi connectivity index (χ1v) is 5.71. The average Bonchev–Trinajstić information content (AvgIpc) is 2.41. The molecule has 3 rings (SSSR count). The van der Waals surface area contributed by atoms with E-state index in [1.54, 1.807) is 14.2 Å². The van der Waals surface area contributed by atoms with Crippen LogP contribution in [0.4, 0.5) is 5.69 Å². The van der Waals surface area contributed by atoms with Crippen molar-refractivity contribution in [3.8, 4) is 11.5 Å². The summed E-state index contributed by atoms with van der Waals surface area (Å²) < 4.78 is 10.9. The lowest BCUT2D eigenvalue weighted by Crippen LogP contribution is -2.14. The van der Waals surface area contributed by atoms with Crippen molar-refractivity contribution in [2.24, 2.45) is 0 Å². The molecule has 2 heterocycles. The summed E-state index contributed by atoms with van der Waals surface area (Å²) in [5.41, 5.74) is 1.96. The van der Waals surface area contributed by atoms with Crippen molar-refractivity contribution < 1.29 is 9.47 Å². The second-order valence-electron chi connectivity index (χ2n) is 4.18. The number of hydrogen-bond donors (Lipinski definition) is 0. The fraction of sp³-hybridized carbons (Fsp3) is 0.214. The summed E-state index contributed by atoms with van der Waals surface area (Å²) in [5.74, 6) is 1.48. The molecule has 100 valence electrons. The molecule has 0 radical (unpaired) electrons. The van der Waals surface area contributed by atoms with Gasteiger partial charge in [-0.05, 0) is 23.6 Å². The Labute approximate surface area is 118 Å². The van der Waals surface area contributed by atoms with Gasteiger partial charge in [0.1, 0.15) is 0 Å². The predicted molar refractivity (Wildman–Crippen MR) is 79.5 cm³/mol. The lowest BCUT2D eigenvalue weighted by Gasteiger charge is -2.25. The molecular formula is C14H15ClN2O2. The van der Waals surface area contributed by atoms with Crippen LogP contribution in [0.5, 0.6) is 11.5 Å². The van der Waals surface area contributed by atoms with E-state index in [2.05, 4.69) is 4.98 Å². The number of anilines is 1. The van der Waals surface area contributed by atoms with Crippen molar-refractivity contribution in [2.45, 2.75) is 0 Å². The third kappa shape index (κ3) is 1.88. The lowest BCUT2D eigenvalue weighted by atomic mass is 10.0. The normalized spacial score (nSPS) is 12.3. The molecule has 0 N–H and O–H groups in total. The molecule has 0 atom stereocenters. The van der Waals surface area contributed by atoms with Crippen LogP contribution in [0.1, 0.15) is 5.69 Å². The molecule has 0 spiro atoms. The quantitative estimate of drug-likeness (QED) is 0.845. The molecule has 1 aliphatic rings. The fourth-order valence-corrected chi connectivity index (χ4v) is 2.38. The van der Waals surface area contributed by atoms with Gasteiger partial charge in [-0.2, -0.15) is 0 Å². The van der Waals surface area contributed by atoms with Gasteiger partial charge in [-0.15, -0.1) is 12.4 Å². The standard InChI is InChI=1S/C14H14N2O2.ClH/c1-16-7-5-10-12-9(4-6-15-10)8-11(17-2)14(18-3)13(12)16;/h4-8H,1-3H3;1H. The molecule has 1 aliphatic heterocycles. The van der Waals surface area contributed by atoms with Crippen LogP contribution in [0, 0.1) is 0 Å². The third-order valence-electron chi connectivity index (χ3n) is 3.21. The zero-order valence-corrected chi connectivity index (χ0v) is 11.8.